The van der Waals surface area contributed by atoms with Crippen LogP contribution >= 0.6 is 11.3 Å². The van der Waals surface area contributed by atoms with E-state index in [0.29, 0.717) is 22.9 Å². The Morgan fingerprint density at radius 2 is 2.00 bits per heavy atom. The van der Waals surface area contributed by atoms with Gasteiger partial charge in [-0.15, -0.1) is 11.3 Å². The molecule has 7 heteroatoms. The number of rotatable bonds is 2. The number of likely N-dealkylation sites (tertiary alicyclic amines) is 1. The van der Waals surface area contributed by atoms with Crippen LogP contribution in [0.15, 0.2) is 23.7 Å². The Morgan fingerprint density at radius 1 is 1.22 bits per heavy atom. The highest BCUT2D eigenvalue weighted by molar-refractivity contribution is 7.11. The molecule has 4 aliphatic heterocycles. The molecule has 0 unspecified atom stereocenters. The maximum atomic E-state index is 14.6. The van der Waals surface area contributed by atoms with Gasteiger partial charge in [-0.1, -0.05) is 12.1 Å². The molecule has 4 saturated heterocycles. The van der Waals surface area contributed by atoms with Crippen LogP contribution < -0.4 is 0 Å². The quantitative estimate of drug-likeness (QED) is 0.790. The number of carbonyl (C=O) groups is 1. The van der Waals surface area contributed by atoms with E-state index in [2.05, 4.69) is 9.88 Å². The maximum Gasteiger partial charge on any atom is 0.266 e. The Bertz CT molecular complexity index is 893. The zero-order valence-electron chi connectivity index (χ0n) is 15.1. The van der Waals surface area contributed by atoms with E-state index in [1.54, 1.807) is 17.6 Å². The van der Waals surface area contributed by atoms with E-state index in [1.165, 1.54) is 11.3 Å². The van der Waals surface area contributed by atoms with E-state index in [1.807, 2.05) is 11.8 Å². The van der Waals surface area contributed by atoms with Crippen molar-refractivity contribution in [2.45, 2.75) is 37.8 Å². The molecule has 0 radical (unpaired) electrons. The molecule has 142 valence electrons. The minimum Gasteiger partial charge on any atom is -0.332 e. The van der Waals surface area contributed by atoms with Gasteiger partial charge in [0.05, 0.1) is 17.2 Å². The molecular formula is C20H21F2N3OS. The average Bonchev–Trinajstić information content (AvgIpc) is 3.30. The van der Waals surface area contributed by atoms with Gasteiger partial charge in [-0.05, 0) is 50.4 Å². The lowest BCUT2D eigenvalue weighted by Crippen LogP contribution is -2.60. The molecule has 4 nitrogen and oxygen atoms in total. The highest BCUT2D eigenvalue weighted by atomic mass is 32.1. The Hall–Kier alpha value is -1.86. The van der Waals surface area contributed by atoms with Crippen molar-refractivity contribution in [3.05, 3.63) is 51.5 Å². The molecule has 4 fully saturated rings. The highest BCUT2D eigenvalue weighted by Gasteiger charge is 2.55. The summed E-state index contributed by atoms with van der Waals surface area (Å²) in [7, 11) is 0. The van der Waals surface area contributed by atoms with E-state index in [-0.39, 0.29) is 23.9 Å². The molecule has 4 aliphatic rings. The third-order valence-corrected chi connectivity index (χ3v) is 7.49. The summed E-state index contributed by atoms with van der Waals surface area (Å²) in [5.74, 6) is -1.38. The minimum absolute atomic E-state index is 0.0157. The first-order chi connectivity index (χ1) is 13.1. The van der Waals surface area contributed by atoms with Gasteiger partial charge in [-0.25, -0.2) is 13.8 Å². The molecule has 0 spiro atoms. The summed E-state index contributed by atoms with van der Waals surface area (Å²) < 4.78 is 28.5. The lowest BCUT2D eigenvalue weighted by Gasteiger charge is -2.51. The normalized spacial score (nSPS) is 32.0. The van der Waals surface area contributed by atoms with E-state index in [0.717, 1.165) is 37.7 Å². The Labute approximate surface area is 160 Å². The standard InChI is InChI=1S/C20H21F2N3OS/c1-11-19(27-10-23-11)20(26)25-9-14(13-3-2-4-15(21)16(13)22)18-17(25)12-5-7-24(18)8-6-12/h2-4,10,12,14,17-18H,5-9H2,1H3/t14-,17+,18+/m1/s1. The number of fused-ring (bicyclic) bond motifs is 2. The van der Waals surface area contributed by atoms with Crippen molar-refractivity contribution in [2.24, 2.45) is 5.92 Å². The minimum atomic E-state index is -0.817. The van der Waals surface area contributed by atoms with Crippen LogP contribution in [0, 0.1) is 24.5 Å². The van der Waals surface area contributed by atoms with Crippen LogP contribution in [0.2, 0.25) is 0 Å². The first-order valence-electron chi connectivity index (χ1n) is 9.45. The van der Waals surface area contributed by atoms with Crippen LogP contribution in [-0.4, -0.2) is 52.4 Å². The number of hydrogen-bond donors (Lipinski definition) is 0. The number of thiazole rings is 1. The number of carbonyl (C=O) groups excluding carboxylic acids is 1. The zero-order chi connectivity index (χ0) is 18.7. The number of piperidine rings is 3. The first-order valence-corrected chi connectivity index (χ1v) is 10.3. The van der Waals surface area contributed by atoms with E-state index >= 15 is 0 Å². The van der Waals surface area contributed by atoms with Gasteiger partial charge in [0.25, 0.3) is 5.91 Å². The molecule has 5 heterocycles. The van der Waals surface area contributed by atoms with Crippen molar-refractivity contribution >= 4 is 17.2 Å². The smallest absolute Gasteiger partial charge is 0.266 e. The van der Waals surface area contributed by atoms with Gasteiger partial charge in [0, 0.05) is 18.5 Å². The largest absolute Gasteiger partial charge is 0.332 e. The Kier molecular flexibility index (Phi) is 4.05. The summed E-state index contributed by atoms with van der Waals surface area (Å²) in [6.07, 6.45) is 2.12. The number of aromatic nitrogens is 1. The molecule has 27 heavy (non-hydrogen) atoms. The van der Waals surface area contributed by atoms with Gasteiger partial charge in [0.15, 0.2) is 11.6 Å². The number of amides is 1. The van der Waals surface area contributed by atoms with E-state index in [4.69, 9.17) is 0 Å². The summed E-state index contributed by atoms with van der Waals surface area (Å²) in [6.45, 7) is 4.22. The predicted molar refractivity (Wildman–Crippen MR) is 98.9 cm³/mol. The summed E-state index contributed by atoms with van der Waals surface area (Å²) >= 11 is 1.36. The molecule has 3 atom stereocenters. The van der Waals surface area contributed by atoms with Crippen molar-refractivity contribution in [3.63, 3.8) is 0 Å². The second-order valence-corrected chi connectivity index (χ2v) is 8.68. The summed E-state index contributed by atoms with van der Waals surface area (Å²) in [6, 6.07) is 4.52. The number of nitrogens with zero attached hydrogens (tertiary/aromatic N) is 3. The molecule has 2 bridgehead atoms. The molecule has 1 aromatic heterocycles. The SMILES string of the molecule is Cc1ncsc1C(=O)N1C[C@H](c2cccc(F)c2F)[C@H]2[C@@H]1C1CCN2CC1. The third-order valence-electron chi connectivity index (χ3n) is 6.58. The fourth-order valence-electron chi connectivity index (χ4n) is 5.37. The second kappa shape index (κ2) is 6.34. The van der Waals surface area contributed by atoms with Crippen molar-refractivity contribution < 1.29 is 13.6 Å². The molecule has 1 aromatic carbocycles. The first kappa shape index (κ1) is 17.3. The van der Waals surface area contributed by atoms with Crippen molar-refractivity contribution in [2.75, 3.05) is 19.6 Å². The fraction of sp³-hybridized carbons (Fsp3) is 0.500. The van der Waals surface area contributed by atoms with Gasteiger partial charge >= 0.3 is 0 Å². The van der Waals surface area contributed by atoms with Crippen molar-refractivity contribution in [3.8, 4) is 0 Å². The third kappa shape index (κ3) is 2.55. The monoisotopic (exact) mass is 389 g/mol. The molecule has 0 N–H and O–H groups in total. The van der Waals surface area contributed by atoms with Crippen LogP contribution in [0.1, 0.15) is 39.7 Å². The van der Waals surface area contributed by atoms with Crippen LogP contribution in [0.5, 0.6) is 0 Å². The van der Waals surface area contributed by atoms with Gasteiger partial charge in [0.1, 0.15) is 4.88 Å². The molecular weight excluding hydrogens is 368 g/mol. The topological polar surface area (TPSA) is 36.4 Å². The van der Waals surface area contributed by atoms with Crippen LogP contribution in [0.4, 0.5) is 8.78 Å². The van der Waals surface area contributed by atoms with Crippen molar-refractivity contribution in [1.29, 1.82) is 0 Å². The van der Waals surface area contributed by atoms with Crippen LogP contribution in [-0.2, 0) is 0 Å². The number of halogens is 2. The van der Waals surface area contributed by atoms with Crippen molar-refractivity contribution in [1.82, 2.24) is 14.8 Å². The molecule has 1 amide bonds. The second-order valence-electron chi connectivity index (χ2n) is 7.83. The number of aryl methyl sites for hydroxylation is 1. The number of hydrogen-bond acceptors (Lipinski definition) is 4. The van der Waals surface area contributed by atoms with E-state index < -0.39 is 11.6 Å². The van der Waals surface area contributed by atoms with Crippen LogP contribution in [0.3, 0.4) is 0 Å². The average molecular weight is 389 g/mol. The molecule has 0 aliphatic carbocycles. The predicted octanol–water partition coefficient (Wildman–Crippen LogP) is 3.43. The Balaban J connectivity index is 1.57. The van der Waals surface area contributed by atoms with Crippen LogP contribution in [0.25, 0.3) is 0 Å². The molecule has 0 saturated carbocycles. The highest BCUT2D eigenvalue weighted by Crippen LogP contribution is 2.47. The van der Waals surface area contributed by atoms with Gasteiger partial charge in [-0.3, -0.25) is 9.69 Å². The van der Waals surface area contributed by atoms with Gasteiger partial charge in [0.2, 0.25) is 0 Å². The molecule has 2 aromatic rings. The van der Waals surface area contributed by atoms with Gasteiger partial charge in [-0.2, -0.15) is 0 Å². The van der Waals surface area contributed by atoms with Gasteiger partial charge < -0.3 is 4.90 Å². The summed E-state index contributed by atoms with van der Waals surface area (Å²) in [4.78, 5) is 22.5. The lowest BCUT2D eigenvalue weighted by atomic mass is 9.75. The zero-order valence-corrected chi connectivity index (χ0v) is 15.9. The van der Waals surface area contributed by atoms with E-state index in [9.17, 15) is 13.6 Å². The summed E-state index contributed by atoms with van der Waals surface area (Å²) in [5, 5.41) is 0. The maximum absolute atomic E-state index is 14.6. The molecule has 6 rings (SSSR count). The fourth-order valence-corrected chi connectivity index (χ4v) is 6.13. The summed E-state index contributed by atoms with van der Waals surface area (Å²) in [5.41, 5.74) is 2.83. The number of benzene rings is 1. The Morgan fingerprint density at radius 3 is 2.70 bits per heavy atom. The lowest BCUT2D eigenvalue weighted by molar-refractivity contribution is -0.00347.